The highest BCUT2D eigenvalue weighted by molar-refractivity contribution is 6.01. The lowest BCUT2D eigenvalue weighted by Crippen LogP contribution is -1.99. The zero-order valence-corrected chi connectivity index (χ0v) is 12.5. The van der Waals surface area contributed by atoms with Crippen LogP contribution in [-0.2, 0) is 0 Å². The van der Waals surface area contributed by atoms with Crippen molar-refractivity contribution >= 4 is 23.3 Å². The Hall–Kier alpha value is -2.62. The third-order valence-electron chi connectivity index (χ3n) is 3.15. The van der Waals surface area contributed by atoms with Crippen LogP contribution < -0.4 is 10.5 Å². The van der Waals surface area contributed by atoms with E-state index in [-0.39, 0.29) is 0 Å². The lowest BCUT2D eigenvalue weighted by atomic mass is 10.1. The Bertz CT molecular complexity index is 676. The van der Waals surface area contributed by atoms with Crippen molar-refractivity contribution in [2.24, 2.45) is 9.98 Å². The van der Waals surface area contributed by atoms with Crippen LogP contribution in [0.1, 0.15) is 18.1 Å². The lowest BCUT2D eigenvalue weighted by Gasteiger charge is -2.11. The standard InChI is InChI=1S/C17H19N3O/c1-12(13-7-5-4-6-8-13)20-16-10-9-15(18)14(11-19-2)17(16)21-3/h4-11H,18H2,1-3H3. The van der Waals surface area contributed by atoms with Gasteiger partial charge in [0.25, 0.3) is 0 Å². The van der Waals surface area contributed by atoms with Gasteiger partial charge < -0.3 is 10.5 Å². The zero-order valence-electron chi connectivity index (χ0n) is 12.5. The number of nitrogens with two attached hydrogens (primary N) is 1. The molecule has 0 saturated heterocycles. The number of methoxy groups -OCH3 is 1. The summed E-state index contributed by atoms with van der Waals surface area (Å²) >= 11 is 0. The number of hydrogen-bond acceptors (Lipinski definition) is 4. The van der Waals surface area contributed by atoms with E-state index in [1.54, 1.807) is 20.4 Å². The Balaban J connectivity index is 2.52. The highest BCUT2D eigenvalue weighted by atomic mass is 16.5. The quantitative estimate of drug-likeness (QED) is 0.689. The molecular formula is C17H19N3O. The van der Waals surface area contributed by atoms with Crippen molar-refractivity contribution in [3.63, 3.8) is 0 Å². The van der Waals surface area contributed by atoms with Gasteiger partial charge >= 0.3 is 0 Å². The number of hydrogen-bond donors (Lipinski definition) is 1. The molecule has 2 aromatic carbocycles. The van der Waals surface area contributed by atoms with Gasteiger partial charge in [0.05, 0.1) is 12.7 Å². The van der Waals surface area contributed by atoms with Crippen molar-refractivity contribution in [2.75, 3.05) is 19.9 Å². The molecule has 0 atom stereocenters. The highest BCUT2D eigenvalue weighted by Crippen LogP contribution is 2.34. The van der Waals surface area contributed by atoms with E-state index in [1.807, 2.05) is 49.4 Å². The molecular weight excluding hydrogens is 262 g/mol. The smallest absolute Gasteiger partial charge is 0.155 e. The lowest BCUT2D eigenvalue weighted by molar-refractivity contribution is 0.416. The molecule has 0 aliphatic rings. The largest absolute Gasteiger partial charge is 0.494 e. The second-order valence-corrected chi connectivity index (χ2v) is 4.57. The van der Waals surface area contributed by atoms with Crippen LogP contribution in [-0.4, -0.2) is 26.1 Å². The van der Waals surface area contributed by atoms with Crippen LogP contribution in [0.15, 0.2) is 52.4 Å². The Morgan fingerprint density at radius 3 is 2.48 bits per heavy atom. The number of nitrogen functional groups attached to an aromatic ring is 1. The molecule has 108 valence electrons. The van der Waals surface area contributed by atoms with E-state index in [9.17, 15) is 0 Å². The molecule has 0 bridgehead atoms. The summed E-state index contributed by atoms with van der Waals surface area (Å²) in [5.74, 6) is 0.635. The summed E-state index contributed by atoms with van der Waals surface area (Å²) in [4.78, 5) is 8.68. The van der Waals surface area contributed by atoms with Crippen molar-refractivity contribution in [1.29, 1.82) is 0 Å². The van der Waals surface area contributed by atoms with Crippen LogP contribution in [0, 0.1) is 0 Å². The summed E-state index contributed by atoms with van der Waals surface area (Å²) in [6.45, 7) is 1.97. The summed E-state index contributed by atoms with van der Waals surface area (Å²) < 4.78 is 5.47. The van der Waals surface area contributed by atoms with Crippen molar-refractivity contribution in [3.8, 4) is 5.75 Å². The first kappa shape index (κ1) is 14.8. The van der Waals surface area contributed by atoms with Gasteiger partial charge in [0.15, 0.2) is 5.75 Å². The Morgan fingerprint density at radius 2 is 1.86 bits per heavy atom. The van der Waals surface area contributed by atoms with Gasteiger partial charge in [0.2, 0.25) is 0 Å². The Kier molecular flexibility index (Phi) is 4.72. The van der Waals surface area contributed by atoms with Gasteiger partial charge in [-0.2, -0.15) is 0 Å². The first-order chi connectivity index (χ1) is 10.2. The summed E-state index contributed by atoms with van der Waals surface area (Å²) in [6.07, 6.45) is 1.69. The van der Waals surface area contributed by atoms with E-state index in [4.69, 9.17) is 10.5 Å². The summed E-state index contributed by atoms with van der Waals surface area (Å²) in [6, 6.07) is 13.7. The molecule has 2 rings (SSSR count). The van der Waals surface area contributed by atoms with Gasteiger partial charge in [-0.3, -0.25) is 4.99 Å². The second-order valence-electron chi connectivity index (χ2n) is 4.57. The van der Waals surface area contributed by atoms with Crippen LogP contribution >= 0.6 is 0 Å². The first-order valence-corrected chi connectivity index (χ1v) is 6.66. The van der Waals surface area contributed by atoms with Crippen LogP contribution in [0.2, 0.25) is 0 Å². The molecule has 0 radical (unpaired) electrons. The Labute approximate surface area is 125 Å². The molecule has 0 amide bonds. The van der Waals surface area contributed by atoms with Crippen LogP contribution in [0.5, 0.6) is 5.75 Å². The van der Waals surface area contributed by atoms with E-state index in [1.165, 1.54) is 0 Å². The number of ether oxygens (including phenoxy) is 1. The minimum atomic E-state index is 0.619. The molecule has 2 aromatic rings. The van der Waals surface area contributed by atoms with E-state index < -0.39 is 0 Å². The van der Waals surface area contributed by atoms with Crippen LogP contribution in [0.4, 0.5) is 11.4 Å². The zero-order chi connectivity index (χ0) is 15.2. The normalized spacial score (nSPS) is 11.9. The van der Waals surface area contributed by atoms with E-state index in [0.717, 1.165) is 22.5 Å². The predicted molar refractivity (Wildman–Crippen MR) is 89.2 cm³/mol. The first-order valence-electron chi connectivity index (χ1n) is 6.66. The van der Waals surface area contributed by atoms with Crippen LogP contribution in [0.25, 0.3) is 0 Å². The minimum absolute atomic E-state index is 0.619. The number of nitrogens with zero attached hydrogens (tertiary/aromatic N) is 2. The average molecular weight is 281 g/mol. The molecule has 0 spiro atoms. The van der Waals surface area contributed by atoms with E-state index >= 15 is 0 Å². The molecule has 0 fully saturated rings. The van der Waals surface area contributed by atoms with Gasteiger partial charge in [-0.25, -0.2) is 4.99 Å². The third kappa shape index (κ3) is 3.28. The number of benzene rings is 2. The molecule has 0 heterocycles. The van der Waals surface area contributed by atoms with Gasteiger partial charge in [-0.05, 0) is 24.6 Å². The predicted octanol–water partition coefficient (Wildman–Crippen LogP) is 3.47. The molecule has 2 N–H and O–H groups in total. The fraction of sp³-hybridized carbons (Fsp3) is 0.176. The molecule has 4 nitrogen and oxygen atoms in total. The number of aliphatic imine (C=N–C) groups is 2. The van der Waals surface area contributed by atoms with Crippen molar-refractivity contribution in [3.05, 3.63) is 53.6 Å². The van der Waals surface area contributed by atoms with E-state index in [2.05, 4.69) is 9.98 Å². The van der Waals surface area contributed by atoms with Gasteiger partial charge in [0.1, 0.15) is 5.69 Å². The topological polar surface area (TPSA) is 60.0 Å². The number of anilines is 1. The second kappa shape index (κ2) is 6.70. The minimum Gasteiger partial charge on any atom is -0.494 e. The van der Waals surface area contributed by atoms with Crippen molar-refractivity contribution in [1.82, 2.24) is 0 Å². The SMILES string of the molecule is CN=Cc1c(N)ccc(N=C(C)c2ccccc2)c1OC. The van der Waals surface area contributed by atoms with Crippen molar-refractivity contribution < 1.29 is 4.74 Å². The number of rotatable bonds is 4. The monoisotopic (exact) mass is 281 g/mol. The average Bonchev–Trinajstić information content (AvgIpc) is 2.51. The molecule has 4 heteroatoms. The molecule has 0 aliphatic carbocycles. The molecule has 0 aliphatic heterocycles. The highest BCUT2D eigenvalue weighted by Gasteiger charge is 2.11. The fourth-order valence-corrected chi connectivity index (χ4v) is 2.09. The Morgan fingerprint density at radius 1 is 1.14 bits per heavy atom. The molecule has 21 heavy (non-hydrogen) atoms. The molecule has 0 saturated carbocycles. The third-order valence-corrected chi connectivity index (χ3v) is 3.15. The van der Waals surface area contributed by atoms with Crippen molar-refractivity contribution in [2.45, 2.75) is 6.92 Å². The molecule has 0 aromatic heterocycles. The van der Waals surface area contributed by atoms with Gasteiger partial charge in [0, 0.05) is 24.7 Å². The maximum absolute atomic E-state index is 5.97. The van der Waals surface area contributed by atoms with Crippen LogP contribution in [0.3, 0.4) is 0 Å². The summed E-state index contributed by atoms with van der Waals surface area (Å²) in [5, 5.41) is 0. The maximum Gasteiger partial charge on any atom is 0.155 e. The van der Waals surface area contributed by atoms with E-state index in [0.29, 0.717) is 11.4 Å². The summed E-state index contributed by atoms with van der Waals surface area (Å²) in [5.41, 5.74) is 10.1. The fourth-order valence-electron chi connectivity index (χ4n) is 2.09. The van der Waals surface area contributed by atoms with Gasteiger partial charge in [-0.15, -0.1) is 0 Å². The maximum atomic E-state index is 5.97. The van der Waals surface area contributed by atoms with Gasteiger partial charge in [-0.1, -0.05) is 30.3 Å². The summed E-state index contributed by atoms with van der Waals surface area (Å²) in [7, 11) is 3.31. The molecule has 0 unspecified atom stereocenters.